The van der Waals surface area contributed by atoms with Crippen LogP contribution in [0.3, 0.4) is 0 Å². The van der Waals surface area contributed by atoms with Crippen molar-refractivity contribution in [3.05, 3.63) is 28.7 Å². The van der Waals surface area contributed by atoms with E-state index in [2.05, 4.69) is 20.8 Å². The molecule has 94 valence electrons. The first-order chi connectivity index (χ1) is 8.24. The molecule has 1 saturated heterocycles. The Morgan fingerprint density at radius 1 is 1.47 bits per heavy atom. The van der Waals surface area contributed by atoms with Gasteiger partial charge in [0.15, 0.2) is 0 Å². The number of likely N-dealkylation sites (tertiary alicyclic amines) is 1. The Balaban J connectivity index is 1.63. The number of aliphatic hydroxyl groups is 1. The van der Waals surface area contributed by atoms with Crippen molar-refractivity contribution in [3.63, 3.8) is 0 Å². The quantitative estimate of drug-likeness (QED) is 0.847. The largest absolute Gasteiger partial charge is 0.494 e. The van der Waals surface area contributed by atoms with Crippen LogP contribution in [0.4, 0.5) is 0 Å². The Labute approximate surface area is 111 Å². The van der Waals surface area contributed by atoms with Crippen LogP contribution in [0.5, 0.6) is 5.75 Å². The fourth-order valence-electron chi connectivity index (χ4n) is 2.05. The molecular weight excluding hydrogens is 282 g/mol. The number of aliphatic hydroxyl groups excluding tert-OH is 1. The van der Waals surface area contributed by atoms with Gasteiger partial charge in [-0.1, -0.05) is 22.0 Å². The van der Waals surface area contributed by atoms with E-state index < -0.39 is 0 Å². The third kappa shape index (κ3) is 4.30. The molecule has 1 fully saturated rings. The molecule has 17 heavy (non-hydrogen) atoms. The van der Waals surface area contributed by atoms with Crippen molar-refractivity contribution in [2.24, 2.45) is 0 Å². The van der Waals surface area contributed by atoms with E-state index in [-0.39, 0.29) is 6.10 Å². The molecular formula is C13H18BrNO2. The van der Waals surface area contributed by atoms with Crippen molar-refractivity contribution in [2.45, 2.75) is 18.9 Å². The second kappa shape index (κ2) is 6.38. The summed E-state index contributed by atoms with van der Waals surface area (Å²) in [6.45, 7) is 3.56. The van der Waals surface area contributed by atoms with Crippen molar-refractivity contribution in [1.82, 2.24) is 4.90 Å². The number of benzene rings is 1. The molecule has 1 aliphatic heterocycles. The Kier molecular flexibility index (Phi) is 4.83. The van der Waals surface area contributed by atoms with Gasteiger partial charge in [0, 0.05) is 24.1 Å². The Hall–Kier alpha value is -0.580. The lowest BCUT2D eigenvalue weighted by molar-refractivity contribution is 0.173. The molecule has 1 heterocycles. The third-order valence-corrected chi connectivity index (χ3v) is 3.42. The number of halogens is 1. The Morgan fingerprint density at radius 3 is 3.06 bits per heavy atom. The molecule has 2 rings (SSSR count). The summed E-state index contributed by atoms with van der Waals surface area (Å²) in [5, 5.41) is 9.39. The Bertz CT molecular complexity index is 359. The summed E-state index contributed by atoms with van der Waals surface area (Å²) >= 11 is 3.42. The lowest BCUT2D eigenvalue weighted by atomic mass is 10.3. The van der Waals surface area contributed by atoms with Gasteiger partial charge < -0.3 is 14.7 Å². The monoisotopic (exact) mass is 299 g/mol. The molecule has 1 aromatic rings. The van der Waals surface area contributed by atoms with E-state index in [9.17, 15) is 5.11 Å². The van der Waals surface area contributed by atoms with Gasteiger partial charge >= 0.3 is 0 Å². The predicted molar refractivity (Wildman–Crippen MR) is 71.3 cm³/mol. The highest BCUT2D eigenvalue weighted by Gasteiger charge is 2.18. The molecule has 0 aromatic heterocycles. The molecule has 0 spiro atoms. The summed E-state index contributed by atoms with van der Waals surface area (Å²) in [5.41, 5.74) is 0. The van der Waals surface area contributed by atoms with E-state index in [4.69, 9.17) is 4.74 Å². The SMILES string of the molecule is O[C@@H]1CCN(CCCOc2cccc(Br)c2)C1. The molecule has 0 radical (unpaired) electrons. The first-order valence-electron chi connectivity index (χ1n) is 6.03. The lowest BCUT2D eigenvalue weighted by Gasteiger charge is -2.14. The first kappa shape index (κ1) is 12.9. The highest BCUT2D eigenvalue weighted by molar-refractivity contribution is 9.10. The molecule has 0 aliphatic carbocycles. The number of hydrogen-bond donors (Lipinski definition) is 1. The maximum absolute atomic E-state index is 9.39. The second-order valence-corrected chi connectivity index (χ2v) is 5.32. The van der Waals surface area contributed by atoms with E-state index in [1.807, 2.05) is 24.3 Å². The summed E-state index contributed by atoms with van der Waals surface area (Å²) in [6.07, 6.45) is 1.78. The highest BCUT2D eigenvalue weighted by Crippen LogP contribution is 2.18. The smallest absolute Gasteiger partial charge is 0.120 e. The van der Waals surface area contributed by atoms with E-state index in [1.54, 1.807) is 0 Å². The number of nitrogens with zero attached hydrogens (tertiary/aromatic N) is 1. The summed E-state index contributed by atoms with van der Waals surface area (Å²) in [4.78, 5) is 2.29. The molecule has 0 bridgehead atoms. The summed E-state index contributed by atoms with van der Waals surface area (Å²) < 4.78 is 6.69. The average Bonchev–Trinajstić information content (AvgIpc) is 2.71. The normalized spacial score (nSPS) is 20.7. The van der Waals surface area contributed by atoms with Crippen molar-refractivity contribution in [3.8, 4) is 5.75 Å². The maximum Gasteiger partial charge on any atom is 0.120 e. The van der Waals surface area contributed by atoms with Gasteiger partial charge in [-0.3, -0.25) is 0 Å². The average molecular weight is 300 g/mol. The number of β-amino-alcohol motifs (C(OH)–C–C–N with tert-alkyl or cyclic N) is 1. The van der Waals surface area contributed by atoms with Gasteiger partial charge in [-0.15, -0.1) is 0 Å². The van der Waals surface area contributed by atoms with Crippen molar-refractivity contribution in [1.29, 1.82) is 0 Å². The number of hydrogen-bond acceptors (Lipinski definition) is 3. The van der Waals surface area contributed by atoms with Gasteiger partial charge in [0.1, 0.15) is 5.75 Å². The highest BCUT2D eigenvalue weighted by atomic mass is 79.9. The fourth-order valence-corrected chi connectivity index (χ4v) is 2.43. The van der Waals surface area contributed by atoms with Gasteiger partial charge in [0.25, 0.3) is 0 Å². The molecule has 0 amide bonds. The van der Waals surface area contributed by atoms with E-state index >= 15 is 0 Å². The zero-order valence-electron chi connectivity index (χ0n) is 9.81. The van der Waals surface area contributed by atoms with Crippen LogP contribution in [0.15, 0.2) is 28.7 Å². The summed E-state index contributed by atoms with van der Waals surface area (Å²) in [7, 11) is 0. The van der Waals surface area contributed by atoms with Crippen LogP contribution >= 0.6 is 15.9 Å². The van der Waals surface area contributed by atoms with E-state index in [0.717, 1.165) is 49.3 Å². The topological polar surface area (TPSA) is 32.7 Å². The van der Waals surface area contributed by atoms with Gasteiger partial charge in [-0.05, 0) is 31.0 Å². The standard InChI is InChI=1S/C13H18BrNO2/c14-11-3-1-4-13(9-11)17-8-2-6-15-7-5-12(16)10-15/h1,3-4,9,12,16H,2,5-8,10H2/t12-/m1/s1. The van der Waals surface area contributed by atoms with Crippen molar-refractivity contribution in [2.75, 3.05) is 26.2 Å². The van der Waals surface area contributed by atoms with Gasteiger partial charge in [0.2, 0.25) is 0 Å². The van der Waals surface area contributed by atoms with E-state index in [1.165, 1.54) is 0 Å². The molecule has 1 aromatic carbocycles. The van der Waals surface area contributed by atoms with Gasteiger partial charge in [-0.25, -0.2) is 0 Å². The van der Waals surface area contributed by atoms with Gasteiger partial charge in [-0.2, -0.15) is 0 Å². The minimum atomic E-state index is -0.124. The Morgan fingerprint density at radius 2 is 2.35 bits per heavy atom. The zero-order valence-corrected chi connectivity index (χ0v) is 11.4. The molecule has 3 nitrogen and oxygen atoms in total. The zero-order chi connectivity index (χ0) is 12.1. The molecule has 1 N–H and O–H groups in total. The minimum absolute atomic E-state index is 0.124. The molecule has 1 aliphatic rings. The fraction of sp³-hybridized carbons (Fsp3) is 0.538. The lowest BCUT2D eigenvalue weighted by Crippen LogP contribution is -2.24. The van der Waals surface area contributed by atoms with Crippen molar-refractivity contribution >= 4 is 15.9 Å². The van der Waals surface area contributed by atoms with Crippen LogP contribution in [0.25, 0.3) is 0 Å². The number of ether oxygens (including phenoxy) is 1. The van der Waals surface area contributed by atoms with Crippen molar-refractivity contribution < 1.29 is 9.84 Å². The maximum atomic E-state index is 9.39. The predicted octanol–water partition coefficient (Wildman–Crippen LogP) is 2.28. The summed E-state index contributed by atoms with van der Waals surface area (Å²) in [6, 6.07) is 7.89. The molecule has 0 unspecified atom stereocenters. The van der Waals surface area contributed by atoms with E-state index in [0.29, 0.717) is 0 Å². The summed E-state index contributed by atoms with van der Waals surface area (Å²) in [5.74, 6) is 0.904. The minimum Gasteiger partial charge on any atom is -0.494 e. The van der Waals surface area contributed by atoms with Crippen LogP contribution in [-0.2, 0) is 0 Å². The van der Waals surface area contributed by atoms with Crippen LogP contribution in [-0.4, -0.2) is 42.4 Å². The first-order valence-corrected chi connectivity index (χ1v) is 6.82. The van der Waals surface area contributed by atoms with Crippen LogP contribution in [0.1, 0.15) is 12.8 Å². The van der Waals surface area contributed by atoms with Crippen LogP contribution in [0.2, 0.25) is 0 Å². The third-order valence-electron chi connectivity index (χ3n) is 2.93. The number of rotatable bonds is 5. The molecule has 0 saturated carbocycles. The molecule has 4 heteroatoms. The van der Waals surface area contributed by atoms with Gasteiger partial charge in [0.05, 0.1) is 12.7 Å². The molecule has 1 atom stereocenters. The van der Waals surface area contributed by atoms with Crippen LogP contribution in [0, 0.1) is 0 Å². The van der Waals surface area contributed by atoms with Crippen LogP contribution < -0.4 is 4.74 Å². The second-order valence-electron chi connectivity index (χ2n) is 4.40.